The number of nitrogens with one attached hydrogen (secondary N) is 1. The van der Waals surface area contributed by atoms with Gasteiger partial charge >= 0.3 is 0 Å². The first-order valence-corrected chi connectivity index (χ1v) is 8.01. The minimum Gasteiger partial charge on any atom is -0.375 e. The third-order valence-electron chi connectivity index (χ3n) is 4.15. The van der Waals surface area contributed by atoms with Gasteiger partial charge in [-0.25, -0.2) is 14.4 Å². The van der Waals surface area contributed by atoms with E-state index < -0.39 is 10.7 Å². The van der Waals surface area contributed by atoms with E-state index in [1.54, 1.807) is 6.07 Å². The SMILES string of the molecule is CC1(C)CC(Nc2cc(-c3ccc(F)cc3[N+](=O)[O-])ncn2)CCO1. The van der Waals surface area contributed by atoms with Crippen molar-refractivity contribution in [1.82, 2.24) is 9.97 Å². The molecule has 0 radical (unpaired) electrons. The minimum absolute atomic E-state index is 0.190. The second kappa shape index (κ2) is 6.72. The number of nitrogens with zero attached hydrogens (tertiary/aromatic N) is 3. The first-order valence-electron chi connectivity index (χ1n) is 8.01. The van der Waals surface area contributed by atoms with Crippen LogP contribution in [0.1, 0.15) is 26.7 Å². The Hall–Kier alpha value is -2.61. The number of hydrogen-bond acceptors (Lipinski definition) is 6. The van der Waals surface area contributed by atoms with Gasteiger partial charge in [0.2, 0.25) is 0 Å². The lowest BCUT2D eigenvalue weighted by atomic mass is 9.94. The molecule has 1 saturated heterocycles. The average molecular weight is 346 g/mol. The molecule has 0 saturated carbocycles. The van der Waals surface area contributed by atoms with Crippen LogP contribution in [0.15, 0.2) is 30.6 Å². The number of anilines is 1. The fourth-order valence-electron chi connectivity index (χ4n) is 3.02. The summed E-state index contributed by atoms with van der Waals surface area (Å²) >= 11 is 0. The van der Waals surface area contributed by atoms with E-state index in [-0.39, 0.29) is 22.9 Å². The van der Waals surface area contributed by atoms with Gasteiger partial charge in [0.15, 0.2) is 0 Å². The number of nitro benzene ring substituents is 1. The van der Waals surface area contributed by atoms with Crippen molar-refractivity contribution in [1.29, 1.82) is 0 Å². The molecule has 1 unspecified atom stereocenters. The summed E-state index contributed by atoms with van der Waals surface area (Å²) in [5, 5.41) is 14.5. The molecule has 0 amide bonds. The Morgan fingerprint density at radius 3 is 2.88 bits per heavy atom. The Balaban J connectivity index is 1.86. The van der Waals surface area contributed by atoms with Gasteiger partial charge in [-0.05, 0) is 38.8 Å². The minimum atomic E-state index is -0.660. The number of rotatable bonds is 4. The first kappa shape index (κ1) is 17.2. The highest BCUT2D eigenvalue weighted by Gasteiger charge is 2.29. The normalized spacial score (nSPS) is 19.4. The van der Waals surface area contributed by atoms with Crippen molar-refractivity contribution in [3.63, 3.8) is 0 Å². The smallest absolute Gasteiger partial charge is 0.281 e. The molecule has 8 heteroatoms. The molecule has 2 aromatic rings. The van der Waals surface area contributed by atoms with Crippen molar-refractivity contribution in [3.8, 4) is 11.3 Å². The zero-order valence-electron chi connectivity index (χ0n) is 14.0. The van der Waals surface area contributed by atoms with Crippen LogP contribution in [-0.4, -0.2) is 33.1 Å². The highest BCUT2D eigenvalue weighted by molar-refractivity contribution is 5.72. The monoisotopic (exact) mass is 346 g/mol. The Labute approximate surface area is 144 Å². The van der Waals surface area contributed by atoms with Gasteiger partial charge in [0.1, 0.15) is 18.0 Å². The van der Waals surface area contributed by atoms with Gasteiger partial charge in [-0.1, -0.05) is 0 Å². The molecule has 132 valence electrons. The molecule has 1 fully saturated rings. The number of nitro groups is 1. The lowest BCUT2D eigenvalue weighted by Crippen LogP contribution is -2.40. The molecule has 25 heavy (non-hydrogen) atoms. The van der Waals surface area contributed by atoms with E-state index in [1.165, 1.54) is 18.5 Å². The number of benzene rings is 1. The van der Waals surface area contributed by atoms with Crippen molar-refractivity contribution in [2.24, 2.45) is 0 Å². The molecule has 1 atom stereocenters. The van der Waals surface area contributed by atoms with Crippen LogP contribution in [0.3, 0.4) is 0 Å². The van der Waals surface area contributed by atoms with Gasteiger partial charge in [-0.3, -0.25) is 10.1 Å². The number of halogens is 1. The van der Waals surface area contributed by atoms with Crippen molar-refractivity contribution in [3.05, 3.63) is 46.5 Å². The molecule has 1 aliphatic heterocycles. The summed E-state index contributed by atoms with van der Waals surface area (Å²) in [5.74, 6) is -0.0846. The zero-order chi connectivity index (χ0) is 18.0. The molecule has 1 aromatic carbocycles. The van der Waals surface area contributed by atoms with Gasteiger partial charge in [-0.2, -0.15) is 0 Å². The lowest BCUT2D eigenvalue weighted by molar-refractivity contribution is -0.384. The molecular weight excluding hydrogens is 327 g/mol. The molecular formula is C17H19FN4O3. The maximum absolute atomic E-state index is 13.3. The van der Waals surface area contributed by atoms with E-state index in [4.69, 9.17) is 4.74 Å². The Morgan fingerprint density at radius 1 is 1.36 bits per heavy atom. The Kier molecular flexibility index (Phi) is 4.63. The van der Waals surface area contributed by atoms with Crippen molar-refractivity contribution < 1.29 is 14.1 Å². The van der Waals surface area contributed by atoms with E-state index in [9.17, 15) is 14.5 Å². The summed E-state index contributed by atoms with van der Waals surface area (Å²) in [6.07, 6.45) is 3.01. The van der Waals surface area contributed by atoms with Crippen molar-refractivity contribution in [2.75, 3.05) is 11.9 Å². The molecule has 0 aliphatic carbocycles. The summed E-state index contributed by atoms with van der Waals surface area (Å²) in [6.45, 7) is 4.73. The highest BCUT2D eigenvalue weighted by Crippen LogP contribution is 2.31. The van der Waals surface area contributed by atoms with Gasteiger partial charge in [0, 0.05) is 18.7 Å². The maximum atomic E-state index is 13.3. The van der Waals surface area contributed by atoms with Crippen molar-refractivity contribution >= 4 is 11.5 Å². The van der Waals surface area contributed by atoms with Crippen LogP contribution < -0.4 is 5.32 Å². The predicted octanol–water partition coefficient (Wildman–Crippen LogP) is 3.56. The molecule has 0 bridgehead atoms. The fourth-order valence-corrected chi connectivity index (χ4v) is 3.02. The summed E-state index contributed by atoms with van der Waals surface area (Å²) in [4.78, 5) is 18.9. The Bertz CT molecular complexity index is 797. The average Bonchev–Trinajstić information content (AvgIpc) is 2.54. The largest absolute Gasteiger partial charge is 0.375 e. The molecule has 7 nitrogen and oxygen atoms in total. The van der Waals surface area contributed by atoms with Crippen LogP contribution >= 0.6 is 0 Å². The second-order valence-electron chi connectivity index (χ2n) is 6.65. The van der Waals surface area contributed by atoms with Crippen LogP contribution in [0.25, 0.3) is 11.3 Å². The van der Waals surface area contributed by atoms with E-state index in [0.717, 1.165) is 18.9 Å². The molecule has 1 aromatic heterocycles. The summed E-state index contributed by atoms with van der Waals surface area (Å²) in [5.41, 5.74) is 0.0955. The predicted molar refractivity (Wildman–Crippen MR) is 90.8 cm³/mol. The topological polar surface area (TPSA) is 90.2 Å². The van der Waals surface area contributed by atoms with E-state index in [0.29, 0.717) is 18.1 Å². The van der Waals surface area contributed by atoms with Crippen molar-refractivity contribution in [2.45, 2.75) is 38.3 Å². The second-order valence-corrected chi connectivity index (χ2v) is 6.65. The van der Waals surface area contributed by atoms with Crippen LogP contribution in [0.4, 0.5) is 15.9 Å². The molecule has 1 aliphatic rings. The quantitative estimate of drug-likeness (QED) is 0.672. The van der Waals surface area contributed by atoms with E-state index >= 15 is 0 Å². The fraction of sp³-hybridized carbons (Fsp3) is 0.412. The molecule has 3 rings (SSSR count). The van der Waals surface area contributed by atoms with Gasteiger partial charge in [0.05, 0.1) is 27.8 Å². The Morgan fingerprint density at radius 2 is 2.16 bits per heavy atom. The summed E-state index contributed by atoms with van der Waals surface area (Å²) in [6, 6.07) is 5.26. The number of aromatic nitrogens is 2. The number of hydrogen-bond donors (Lipinski definition) is 1. The van der Waals surface area contributed by atoms with Crippen LogP contribution in [0, 0.1) is 15.9 Å². The van der Waals surface area contributed by atoms with E-state index in [2.05, 4.69) is 15.3 Å². The van der Waals surface area contributed by atoms with Crippen LogP contribution in [-0.2, 0) is 4.74 Å². The molecule has 2 heterocycles. The van der Waals surface area contributed by atoms with Crippen LogP contribution in [0.5, 0.6) is 0 Å². The number of ether oxygens (including phenoxy) is 1. The first-order chi connectivity index (χ1) is 11.8. The van der Waals surface area contributed by atoms with E-state index in [1.807, 2.05) is 13.8 Å². The standard InChI is InChI=1S/C17H19FN4O3/c1-17(2)9-12(5-6-25-17)21-16-8-14(19-10-20-16)13-4-3-11(18)7-15(13)22(23)24/h3-4,7-8,10,12H,5-6,9H2,1-2H3,(H,19,20,21). The lowest BCUT2D eigenvalue weighted by Gasteiger charge is -2.36. The highest BCUT2D eigenvalue weighted by atomic mass is 19.1. The summed E-state index contributed by atoms with van der Waals surface area (Å²) < 4.78 is 19.0. The van der Waals surface area contributed by atoms with Gasteiger partial charge in [-0.15, -0.1) is 0 Å². The third kappa shape index (κ3) is 4.08. The van der Waals surface area contributed by atoms with Crippen LogP contribution in [0.2, 0.25) is 0 Å². The molecule has 0 spiro atoms. The third-order valence-corrected chi connectivity index (χ3v) is 4.15. The van der Waals surface area contributed by atoms with Gasteiger partial charge < -0.3 is 10.1 Å². The van der Waals surface area contributed by atoms with Gasteiger partial charge in [0.25, 0.3) is 5.69 Å². The zero-order valence-corrected chi connectivity index (χ0v) is 14.0. The summed E-state index contributed by atoms with van der Waals surface area (Å²) in [7, 11) is 0. The molecule has 1 N–H and O–H groups in total. The maximum Gasteiger partial charge on any atom is 0.281 e.